The number of benzene rings is 1. The van der Waals surface area contributed by atoms with E-state index in [0.29, 0.717) is 6.42 Å². The van der Waals surface area contributed by atoms with E-state index in [4.69, 9.17) is 0 Å². The van der Waals surface area contributed by atoms with Crippen LogP contribution in [0.25, 0.3) is 0 Å². The standard InChI is InChI=1S/C9H7F4/c1-2-3-5-8(12)6(10)4-7(11)9(5)13/h2-3H2,1H3. The number of hydrogen-bond donors (Lipinski definition) is 0. The number of hydrogen-bond acceptors (Lipinski definition) is 0. The molecule has 0 aliphatic heterocycles. The van der Waals surface area contributed by atoms with E-state index in [1.807, 2.05) is 0 Å². The Labute approximate surface area is 73.2 Å². The second-order valence-electron chi connectivity index (χ2n) is 2.61. The van der Waals surface area contributed by atoms with Gasteiger partial charge in [-0.2, -0.15) is 0 Å². The van der Waals surface area contributed by atoms with Crippen molar-refractivity contribution >= 4 is 0 Å². The van der Waals surface area contributed by atoms with Crippen molar-refractivity contribution in [2.75, 3.05) is 0 Å². The number of halogens is 4. The predicted molar refractivity (Wildman–Crippen MR) is 39.1 cm³/mol. The summed E-state index contributed by atoms with van der Waals surface area (Å²) in [6.45, 7) is 1.66. The molecule has 0 amide bonds. The summed E-state index contributed by atoms with van der Waals surface area (Å²) >= 11 is 0. The van der Waals surface area contributed by atoms with Crippen molar-refractivity contribution < 1.29 is 17.6 Å². The molecule has 0 aliphatic rings. The van der Waals surface area contributed by atoms with E-state index in [-0.39, 0.29) is 6.42 Å². The van der Waals surface area contributed by atoms with Crippen molar-refractivity contribution in [3.63, 3.8) is 0 Å². The first-order chi connectivity index (χ1) is 6.07. The Kier molecular flexibility index (Phi) is 2.90. The molecular weight excluding hydrogens is 184 g/mol. The molecule has 0 heterocycles. The predicted octanol–water partition coefficient (Wildman–Crippen LogP) is 3.00. The average Bonchev–Trinajstić information content (AvgIpc) is 2.09. The van der Waals surface area contributed by atoms with Crippen molar-refractivity contribution in [3.8, 4) is 0 Å². The minimum atomic E-state index is -1.47. The summed E-state index contributed by atoms with van der Waals surface area (Å²) in [4.78, 5) is 0. The lowest BCUT2D eigenvalue weighted by Gasteiger charge is -2.04. The first-order valence-corrected chi connectivity index (χ1v) is 3.82. The summed E-state index contributed by atoms with van der Waals surface area (Å²) in [5.74, 6) is -5.63. The average molecular weight is 191 g/mol. The van der Waals surface area contributed by atoms with Gasteiger partial charge in [-0.05, 0) is 6.42 Å². The lowest BCUT2D eigenvalue weighted by atomic mass is 10.1. The van der Waals surface area contributed by atoms with Crippen LogP contribution in [0.5, 0.6) is 0 Å². The van der Waals surface area contributed by atoms with Gasteiger partial charge in [0.15, 0.2) is 23.3 Å². The van der Waals surface area contributed by atoms with E-state index >= 15 is 0 Å². The minimum absolute atomic E-state index is 0.0276. The fourth-order valence-electron chi connectivity index (χ4n) is 1.04. The molecule has 0 bridgehead atoms. The third-order valence-corrected chi connectivity index (χ3v) is 1.63. The van der Waals surface area contributed by atoms with Gasteiger partial charge in [0, 0.05) is 5.56 Å². The smallest absolute Gasteiger partial charge is 0.170 e. The molecule has 1 rings (SSSR count). The van der Waals surface area contributed by atoms with Crippen LogP contribution in [0.3, 0.4) is 0 Å². The maximum atomic E-state index is 12.8. The molecule has 0 fully saturated rings. The van der Waals surface area contributed by atoms with Gasteiger partial charge in [0.1, 0.15) is 0 Å². The molecule has 0 N–H and O–H groups in total. The molecule has 0 saturated heterocycles. The van der Waals surface area contributed by atoms with Crippen LogP contribution in [0.4, 0.5) is 17.6 Å². The highest BCUT2D eigenvalue weighted by atomic mass is 19.2. The van der Waals surface area contributed by atoms with E-state index in [1.165, 1.54) is 6.07 Å². The van der Waals surface area contributed by atoms with Crippen molar-refractivity contribution in [1.82, 2.24) is 0 Å². The zero-order chi connectivity index (χ0) is 10.0. The Hall–Kier alpha value is -1.06. The summed E-state index contributed by atoms with van der Waals surface area (Å²) in [5.41, 5.74) is -0.545. The van der Waals surface area contributed by atoms with Crippen LogP contribution in [-0.4, -0.2) is 0 Å². The van der Waals surface area contributed by atoms with Crippen LogP contribution in [0.15, 0.2) is 0 Å². The van der Waals surface area contributed by atoms with E-state index in [2.05, 4.69) is 0 Å². The molecule has 0 saturated carbocycles. The van der Waals surface area contributed by atoms with Gasteiger partial charge in [0.2, 0.25) is 0 Å². The molecule has 71 valence electrons. The molecule has 0 spiro atoms. The highest BCUT2D eigenvalue weighted by Gasteiger charge is 2.18. The first kappa shape index (κ1) is 10.0. The van der Waals surface area contributed by atoms with Gasteiger partial charge >= 0.3 is 0 Å². The summed E-state index contributed by atoms with van der Waals surface area (Å²) in [6.07, 6.45) is 0.386. The topological polar surface area (TPSA) is 0 Å². The highest BCUT2D eigenvalue weighted by Crippen LogP contribution is 2.19. The highest BCUT2D eigenvalue weighted by molar-refractivity contribution is 5.21. The van der Waals surface area contributed by atoms with Crippen LogP contribution >= 0.6 is 0 Å². The minimum Gasteiger partial charge on any atom is -0.203 e. The third kappa shape index (κ3) is 1.82. The molecule has 4 heteroatoms. The van der Waals surface area contributed by atoms with Crippen molar-refractivity contribution in [2.24, 2.45) is 0 Å². The second-order valence-corrected chi connectivity index (χ2v) is 2.61. The second kappa shape index (κ2) is 3.77. The molecule has 0 atom stereocenters. The normalized spacial score (nSPS) is 10.5. The fraction of sp³-hybridized carbons (Fsp3) is 0.333. The zero-order valence-electron chi connectivity index (χ0n) is 6.93. The lowest BCUT2D eigenvalue weighted by molar-refractivity contribution is 0.436. The van der Waals surface area contributed by atoms with Crippen molar-refractivity contribution in [1.29, 1.82) is 0 Å². The molecule has 1 aromatic carbocycles. The Morgan fingerprint density at radius 3 is 1.85 bits per heavy atom. The Bertz CT molecular complexity index is 294. The van der Waals surface area contributed by atoms with Crippen molar-refractivity contribution in [3.05, 3.63) is 34.9 Å². The van der Waals surface area contributed by atoms with Crippen LogP contribution in [-0.2, 0) is 6.42 Å². The van der Waals surface area contributed by atoms with Gasteiger partial charge in [0.25, 0.3) is 0 Å². The van der Waals surface area contributed by atoms with E-state index in [0.717, 1.165) is 0 Å². The van der Waals surface area contributed by atoms with Gasteiger partial charge in [0.05, 0.1) is 6.07 Å². The Balaban J connectivity index is 3.28. The molecule has 0 aromatic heterocycles. The van der Waals surface area contributed by atoms with Crippen LogP contribution in [0.1, 0.15) is 18.9 Å². The van der Waals surface area contributed by atoms with Gasteiger partial charge in [-0.1, -0.05) is 13.3 Å². The summed E-state index contributed by atoms with van der Waals surface area (Å²) in [7, 11) is 0. The van der Waals surface area contributed by atoms with Gasteiger partial charge in [-0.15, -0.1) is 0 Å². The first-order valence-electron chi connectivity index (χ1n) is 3.82. The largest absolute Gasteiger partial charge is 0.203 e. The molecule has 1 radical (unpaired) electrons. The van der Waals surface area contributed by atoms with E-state index in [9.17, 15) is 17.6 Å². The van der Waals surface area contributed by atoms with Crippen molar-refractivity contribution in [2.45, 2.75) is 19.8 Å². The molecule has 0 aliphatic carbocycles. The summed E-state index contributed by atoms with van der Waals surface area (Å²) in [6, 6.07) is 1.32. The molecule has 0 nitrogen and oxygen atoms in total. The third-order valence-electron chi connectivity index (χ3n) is 1.63. The number of rotatable bonds is 2. The monoisotopic (exact) mass is 191 g/mol. The van der Waals surface area contributed by atoms with Gasteiger partial charge in [-0.3, -0.25) is 0 Å². The molecule has 13 heavy (non-hydrogen) atoms. The maximum absolute atomic E-state index is 12.8. The fourth-order valence-corrected chi connectivity index (χ4v) is 1.04. The van der Waals surface area contributed by atoms with Crippen LogP contribution in [0, 0.1) is 29.3 Å². The lowest BCUT2D eigenvalue weighted by Crippen LogP contribution is -2.02. The Morgan fingerprint density at radius 2 is 1.46 bits per heavy atom. The summed E-state index contributed by atoms with van der Waals surface area (Å²) in [5, 5.41) is 0. The molecular formula is C9H7F4. The zero-order valence-corrected chi connectivity index (χ0v) is 6.93. The maximum Gasteiger partial charge on any atom is 0.170 e. The van der Waals surface area contributed by atoms with Crippen LogP contribution in [0.2, 0.25) is 0 Å². The Morgan fingerprint density at radius 1 is 1.00 bits per heavy atom. The molecule has 1 aromatic rings. The van der Waals surface area contributed by atoms with Gasteiger partial charge in [-0.25, -0.2) is 17.6 Å². The molecule has 0 unspecified atom stereocenters. The summed E-state index contributed by atoms with van der Waals surface area (Å²) < 4.78 is 50.6. The van der Waals surface area contributed by atoms with E-state index < -0.39 is 28.8 Å². The SMILES string of the molecule is CCCc1c(F)c(F)[c]c(F)c1F. The van der Waals surface area contributed by atoms with E-state index in [1.54, 1.807) is 6.92 Å². The van der Waals surface area contributed by atoms with Crippen LogP contribution < -0.4 is 0 Å². The van der Waals surface area contributed by atoms with Gasteiger partial charge < -0.3 is 0 Å². The quantitative estimate of drug-likeness (QED) is 0.498.